The molecule has 3 heteroatoms. The van der Waals surface area contributed by atoms with Crippen molar-refractivity contribution in [3.63, 3.8) is 0 Å². The van der Waals surface area contributed by atoms with Gasteiger partial charge in [0.15, 0.2) is 0 Å². The first-order valence-corrected chi connectivity index (χ1v) is 7.70. The lowest BCUT2D eigenvalue weighted by molar-refractivity contribution is -0.0491. The monoisotopic (exact) mass is 295 g/mol. The van der Waals surface area contributed by atoms with Gasteiger partial charge in [-0.25, -0.2) is 4.79 Å². The van der Waals surface area contributed by atoms with Crippen LogP contribution in [0.4, 0.5) is 4.79 Å². The molecular formula is C19H21NO2. The number of carbonyl (C=O) groups excluding carboxylic acids is 1. The van der Waals surface area contributed by atoms with E-state index in [-0.39, 0.29) is 12.1 Å². The maximum Gasteiger partial charge on any atom is 0.411 e. The van der Waals surface area contributed by atoms with Crippen LogP contribution in [0.3, 0.4) is 0 Å². The molecule has 1 aliphatic rings. The zero-order chi connectivity index (χ0) is 15.6. The summed E-state index contributed by atoms with van der Waals surface area (Å²) in [6.45, 7) is 4.73. The predicted molar refractivity (Wildman–Crippen MR) is 86.5 cm³/mol. The molecule has 0 bridgehead atoms. The smallest absolute Gasteiger partial charge is 0.411 e. The van der Waals surface area contributed by atoms with Gasteiger partial charge in [0.2, 0.25) is 0 Å². The highest BCUT2D eigenvalue weighted by Crippen LogP contribution is 2.36. The van der Waals surface area contributed by atoms with Gasteiger partial charge in [-0.15, -0.1) is 0 Å². The van der Waals surface area contributed by atoms with Gasteiger partial charge in [-0.1, -0.05) is 60.7 Å². The Morgan fingerprint density at radius 2 is 1.64 bits per heavy atom. The van der Waals surface area contributed by atoms with Crippen molar-refractivity contribution in [3.05, 3.63) is 71.8 Å². The van der Waals surface area contributed by atoms with Crippen molar-refractivity contribution in [2.45, 2.75) is 31.9 Å². The van der Waals surface area contributed by atoms with E-state index in [4.69, 9.17) is 4.74 Å². The van der Waals surface area contributed by atoms with Crippen LogP contribution in [0.25, 0.3) is 0 Å². The van der Waals surface area contributed by atoms with Crippen LogP contribution in [-0.2, 0) is 10.3 Å². The fourth-order valence-electron chi connectivity index (χ4n) is 2.98. The molecule has 2 aromatic rings. The number of ether oxygens (including phenoxy) is 1. The highest BCUT2D eigenvalue weighted by Gasteiger charge is 2.39. The fraction of sp³-hybridized carbons (Fsp3) is 0.316. The average Bonchev–Trinajstić information content (AvgIpc) is 2.56. The van der Waals surface area contributed by atoms with Crippen LogP contribution in [0.15, 0.2) is 60.7 Å². The maximum absolute atomic E-state index is 12.5. The second-order valence-electron chi connectivity index (χ2n) is 5.99. The topological polar surface area (TPSA) is 29.5 Å². The van der Waals surface area contributed by atoms with Crippen LogP contribution in [0.2, 0.25) is 0 Å². The molecule has 0 aromatic heterocycles. The molecule has 0 spiro atoms. The number of carbonyl (C=O) groups is 1. The Labute approximate surface area is 131 Å². The molecule has 1 amide bonds. The van der Waals surface area contributed by atoms with Crippen LogP contribution in [0.5, 0.6) is 0 Å². The van der Waals surface area contributed by atoms with Gasteiger partial charge in [-0.2, -0.15) is 0 Å². The van der Waals surface area contributed by atoms with Crippen molar-refractivity contribution in [1.82, 2.24) is 4.90 Å². The van der Waals surface area contributed by atoms with Crippen molar-refractivity contribution < 1.29 is 9.53 Å². The van der Waals surface area contributed by atoms with Gasteiger partial charge in [0.25, 0.3) is 0 Å². The van der Waals surface area contributed by atoms with Crippen LogP contribution in [0.1, 0.15) is 37.4 Å². The Kier molecular flexibility index (Phi) is 3.88. The summed E-state index contributed by atoms with van der Waals surface area (Å²) in [7, 11) is 0. The maximum atomic E-state index is 12.5. The molecule has 114 valence electrons. The SMILES string of the molecule is CC(c1ccccc1)N1CCC(C)(c2ccccc2)OC1=O. The summed E-state index contributed by atoms with van der Waals surface area (Å²) in [6, 6.07) is 20.1. The molecule has 1 heterocycles. The standard InChI is InChI=1S/C19H21NO2/c1-15(16-9-5-3-6-10-16)20-14-13-19(2,22-18(20)21)17-11-7-4-8-12-17/h3-12,15H,13-14H2,1-2H3. The molecule has 0 saturated carbocycles. The summed E-state index contributed by atoms with van der Waals surface area (Å²) in [5.41, 5.74) is 1.64. The fourth-order valence-corrected chi connectivity index (χ4v) is 2.98. The molecule has 3 nitrogen and oxygen atoms in total. The molecule has 1 saturated heterocycles. The molecule has 2 unspecified atom stereocenters. The van der Waals surface area contributed by atoms with Crippen LogP contribution in [0, 0.1) is 0 Å². The summed E-state index contributed by atoms with van der Waals surface area (Å²) < 4.78 is 5.80. The van der Waals surface area contributed by atoms with E-state index >= 15 is 0 Å². The van der Waals surface area contributed by atoms with Gasteiger partial charge in [0, 0.05) is 13.0 Å². The third-order valence-corrected chi connectivity index (χ3v) is 4.51. The van der Waals surface area contributed by atoms with Gasteiger partial charge in [0.1, 0.15) is 5.60 Å². The second-order valence-corrected chi connectivity index (χ2v) is 5.99. The van der Waals surface area contributed by atoms with Crippen LogP contribution >= 0.6 is 0 Å². The van der Waals surface area contributed by atoms with Crippen molar-refractivity contribution in [1.29, 1.82) is 0 Å². The van der Waals surface area contributed by atoms with Crippen molar-refractivity contribution in [3.8, 4) is 0 Å². The van der Waals surface area contributed by atoms with E-state index in [2.05, 4.69) is 0 Å². The lowest BCUT2D eigenvalue weighted by atomic mass is 9.90. The predicted octanol–water partition coefficient (Wildman–Crippen LogP) is 4.51. The third kappa shape index (κ3) is 2.71. The lowest BCUT2D eigenvalue weighted by Crippen LogP contribution is -2.47. The quantitative estimate of drug-likeness (QED) is 0.834. The van der Waals surface area contributed by atoms with E-state index in [0.717, 1.165) is 17.5 Å². The molecule has 2 atom stereocenters. The van der Waals surface area contributed by atoms with Crippen LogP contribution in [-0.4, -0.2) is 17.5 Å². The zero-order valence-corrected chi connectivity index (χ0v) is 13.0. The van der Waals surface area contributed by atoms with Crippen LogP contribution < -0.4 is 0 Å². The molecule has 1 fully saturated rings. The summed E-state index contributed by atoms with van der Waals surface area (Å²) >= 11 is 0. The first-order chi connectivity index (χ1) is 10.6. The Balaban J connectivity index is 1.77. The Bertz CT molecular complexity index is 641. The molecule has 1 aliphatic heterocycles. The highest BCUT2D eigenvalue weighted by atomic mass is 16.6. The molecular weight excluding hydrogens is 274 g/mol. The van der Waals surface area contributed by atoms with Gasteiger partial charge in [-0.05, 0) is 25.0 Å². The van der Waals surface area contributed by atoms with E-state index in [1.165, 1.54) is 0 Å². The first-order valence-electron chi connectivity index (χ1n) is 7.70. The van der Waals surface area contributed by atoms with E-state index in [1.807, 2.05) is 74.5 Å². The lowest BCUT2D eigenvalue weighted by Gasteiger charge is -2.41. The number of hydrogen-bond donors (Lipinski definition) is 0. The second kappa shape index (κ2) is 5.84. The molecule has 0 N–H and O–H groups in total. The largest absolute Gasteiger partial charge is 0.438 e. The molecule has 22 heavy (non-hydrogen) atoms. The van der Waals surface area contributed by atoms with Gasteiger partial charge in [0.05, 0.1) is 6.04 Å². The summed E-state index contributed by atoms with van der Waals surface area (Å²) in [5.74, 6) is 0. The Hall–Kier alpha value is -2.29. The molecule has 0 radical (unpaired) electrons. The number of nitrogens with zero attached hydrogens (tertiary/aromatic N) is 1. The van der Waals surface area contributed by atoms with E-state index in [9.17, 15) is 4.79 Å². The van der Waals surface area contributed by atoms with Crippen molar-refractivity contribution in [2.75, 3.05) is 6.54 Å². The van der Waals surface area contributed by atoms with Gasteiger partial charge >= 0.3 is 6.09 Å². The Morgan fingerprint density at radius 3 is 2.23 bits per heavy atom. The molecule has 2 aromatic carbocycles. The van der Waals surface area contributed by atoms with E-state index < -0.39 is 5.60 Å². The number of cyclic esters (lactones) is 1. The summed E-state index contributed by atoms with van der Waals surface area (Å²) in [4.78, 5) is 14.3. The minimum Gasteiger partial charge on any atom is -0.438 e. The van der Waals surface area contributed by atoms with Gasteiger partial charge < -0.3 is 9.64 Å². The number of hydrogen-bond acceptors (Lipinski definition) is 2. The number of rotatable bonds is 3. The molecule has 3 rings (SSSR count). The van der Waals surface area contributed by atoms with E-state index in [1.54, 1.807) is 4.90 Å². The minimum atomic E-state index is -0.536. The molecule has 0 aliphatic carbocycles. The van der Waals surface area contributed by atoms with Crippen molar-refractivity contribution >= 4 is 6.09 Å². The highest BCUT2D eigenvalue weighted by molar-refractivity contribution is 5.70. The Morgan fingerprint density at radius 1 is 1.05 bits per heavy atom. The average molecular weight is 295 g/mol. The van der Waals surface area contributed by atoms with E-state index in [0.29, 0.717) is 6.54 Å². The normalized spacial score (nSPS) is 23.0. The minimum absolute atomic E-state index is 0.0222. The number of amides is 1. The third-order valence-electron chi connectivity index (χ3n) is 4.51. The van der Waals surface area contributed by atoms with Crippen molar-refractivity contribution in [2.24, 2.45) is 0 Å². The summed E-state index contributed by atoms with van der Waals surface area (Å²) in [6.07, 6.45) is 0.550. The first kappa shape index (κ1) is 14.6. The zero-order valence-electron chi connectivity index (χ0n) is 13.0. The summed E-state index contributed by atoms with van der Waals surface area (Å²) in [5, 5.41) is 0. The number of benzene rings is 2. The van der Waals surface area contributed by atoms with Gasteiger partial charge in [-0.3, -0.25) is 0 Å².